The first kappa shape index (κ1) is 21.2. The molecule has 3 aromatic carbocycles. The first-order valence-corrected chi connectivity index (χ1v) is 11.4. The fraction of sp³-hybridized carbons (Fsp3) is 0.111. The number of aromatic nitrogens is 1. The van der Waals surface area contributed by atoms with E-state index in [2.05, 4.69) is 0 Å². The molecule has 0 aliphatic carbocycles. The van der Waals surface area contributed by atoms with Crippen LogP contribution >= 0.6 is 11.8 Å². The van der Waals surface area contributed by atoms with Gasteiger partial charge in [0.25, 0.3) is 11.1 Å². The number of imide groups is 1. The van der Waals surface area contributed by atoms with Crippen LogP contribution in [0.2, 0.25) is 0 Å². The van der Waals surface area contributed by atoms with Crippen LogP contribution in [0, 0.1) is 12.7 Å². The van der Waals surface area contributed by atoms with E-state index in [1.54, 1.807) is 18.2 Å². The van der Waals surface area contributed by atoms with Crippen LogP contribution in [-0.4, -0.2) is 20.6 Å². The van der Waals surface area contributed by atoms with Gasteiger partial charge < -0.3 is 4.57 Å². The van der Waals surface area contributed by atoms with Gasteiger partial charge in [0.05, 0.1) is 18.0 Å². The number of para-hydroxylation sites is 1. The molecule has 0 saturated carbocycles. The molecular weight excluding hydrogens is 435 g/mol. The topological polar surface area (TPSA) is 42.3 Å². The van der Waals surface area contributed by atoms with Crippen molar-refractivity contribution >= 4 is 39.9 Å². The molecule has 2 amide bonds. The maximum atomic E-state index is 14.2. The minimum Gasteiger partial charge on any atom is -0.342 e. The third-order valence-corrected chi connectivity index (χ3v) is 6.65. The number of nitrogens with zero attached hydrogens (tertiary/aromatic N) is 2. The highest BCUT2D eigenvalue weighted by atomic mass is 32.2. The van der Waals surface area contributed by atoms with Crippen molar-refractivity contribution in [1.82, 2.24) is 9.47 Å². The Morgan fingerprint density at radius 3 is 2.42 bits per heavy atom. The van der Waals surface area contributed by atoms with Crippen LogP contribution in [0.3, 0.4) is 0 Å². The lowest BCUT2D eigenvalue weighted by atomic mass is 10.1. The second-order valence-corrected chi connectivity index (χ2v) is 9.07. The number of fused-ring (bicyclic) bond motifs is 1. The van der Waals surface area contributed by atoms with Gasteiger partial charge in [-0.2, -0.15) is 0 Å². The minimum atomic E-state index is -0.295. The van der Waals surface area contributed by atoms with Gasteiger partial charge in [-0.15, -0.1) is 0 Å². The number of hydrogen-bond donors (Lipinski definition) is 0. The van der Waals surface area contributed by atoms with E-state index in [0.29, 0.717) is 17.0 Å². The van der Waals surface area contributed by atoms with E-state index in [1.807, 2.05) is 72.3 Å². The standard InChI is InChI=1S/C27H21FN2O2S/c1-18-10-12-19(13-11-18)15-30-26(31)25(33-27(30)32)14-21-17-29(24-9-5-3-7-22(21)24)16-20-6-2-4-8-23(20)28/h2-14,17H,15-16H2,1H3/b25-14-. The molecule has 1 aliphatic rings. The monoisotopic (exact) mass is 456 g/mol. The highest BCUT2D eigenvalue weighted by Gasteiger charge is 2.35. The summed E-state index contributed by atoms with van der Waals surface area (Å²) in [4.78, 5) is 27.3. The summed E-state index contributed by atoms with van der Waals surface area (Å²) in [6.45, 7) is 2.61. The number of halogens is 1. The summed E-state index contributed by atoms with van der Waals surface area (Å²) in [5.41, 5.74) is 4.38. The quantitative estimate of drug-likeness (QED) is 0.328. The van der Waals surface area contributed by atoms with E-state index in [1.165, 1.54) is 11.0 Å². The smallest absolute Gasteiger partial charge is 0.293 e. The van der Waals surface area contributed by atoms with E-state index in [-0.39, 0.29) is 23.5 Å². The fourth-order valence-corrected chi connectivity index (χ4v) is 4.81. The van der Waals surface area contributed by atoms with Gasteiger partial charge >= 0.3 is 0 Å². The summed E-state index contributed by atoms with van der Waals surface area (Å²) in [6.07, 6.45) is 3.67. The van der Waals surface area contributed by atoms with Crippen LogP contribution < -0.4 is 0 Å². The Labute approximate surface area is 195 Å². The summed E-state index contributed by atoms with van der Waals surface area (Å²) in [6, 6.07) is 22.3. The van der Waals surface area contributed by atoms with Gasteiger partial charge in [-0.05, 0) is 42.5 Å². The van der Waals surface area contributed by atoms with Crippen LogP contribution in [0.1, 0.15) is 22.3 Å². The van der Waals surface area contributed by atoms with Crippen LogP contribution in [0.25, 0.3) is 17.0 Å². The molecule has 0 radical (unpaired) electrons. The molecule has 0 spiro atoms. The molecule has 1 aliphatic heterocycles. The molecule has 4 nitrogen and oxygen atoms in total. The second kappa shape index (κ2) is 8.71. The Morgan fingerprint density at radius 2 is 1.64 bits per heavy atom. The van der Waals surface area contributed by atoms with Crippen LogP contribution in [0.5, 0.6) is 0 Å². The van der Waals surface area contributed by atoms with Gasteiger partial charge in [0.1, 0.15) is 5.82 Å². The lowest BCUT2D eigenvalue weighted by Crippen LogP contribution is -2.27. The van der Waals surface area contributed by atoms with E-state index in [9.17, 15) is 14.0 Å². The van der Waals surface area contributed by atoms with Crippen molar-refractivity contribution in [2.24, 2.45) is 0 Å². The molecule has 6 heteroatoms. The molecule has 4 aromatic rings. The van der Waals surface area contributed by atoms with Crippen LogP contribution in [0.15, 0.2) is 83.9 Å². The van der Waals surface area contributed by atoms with Crippen molar-refractivity contribution in [1.29, 1.82) is 0 Å². The average molecular weight is 457 g/mol. The predicted octanol–water partition coefficient (Wildman–Crippen LogP) is 6.37. The molecule has 1 fully saturated rings. The number of aryl methyl sites for hydroxylation is 1. The number of thioether (sulfide) groups is 1. The van der Waals surface area contributed by atoms with E-state index < -0.39 is 0 Å². The Morgan fingerprint density at radius 1 is 0.909 bits per heavy atom. The maximum absolute atomic E-state index is 14.2. The van der Waals surface area contributed by atoms with Crippen molar-refractivity contribution < 1.29 is 14.0 Å². The lowest BCUT2D eigenvalue weighted by Gasteiger charge is -2.12. The molecule has 33 heavy (non-hydrogen) atoms. The average Bonchev–Trinajstić information content (AvgIpc) is 3.29. The zero-order chi connectivity index (χ0) is 22.9. The number of rotatable bonds is 5. The van der Waals surface area contributed by atoms with Gasteiger partial charge in [0.15, 0.2) is 0 Å². The molecule has 1 saturated heterocycles. The van der Waals surface area contributed by atoms with Gasteiger partial charge in [0, 0.05) is 28.2 Å². The predicted molar refractivity (Wildman–Crippen MR) is 130 cm³/mol. The van der Waals surface area contributed by atoms with E-state index in [4.69, 9.17) is 0 Å². The summed E-state index contributed by atoms with van der Waals surface area (Å²) in [5, 5.41) is 0.668. The molecule has 0 bridgehead atoms. The number of hydrogen-bond acceptors (Lipinski definition) is 3. The molecule has 0 unspecified atom stereocenters. The number of amides is 2. The highest BCUT2D eigenvalue weighted by Crippen LogP contribution is 2.35. The zero-order valence-electron chi connectivity index (χ0n) is 18.0. The minimum absolute atomic E-state index is 0.247. The molecule has 164 valence electrons. The summed E-state index contributed by atoms with van der Waals surface area (Å²) < 4.78 is 16.2. The maximum Gasteiger partial charge on any atom is 0.293 e. The van der Waals surface area contributed by atoms with Gasteiger partial charge in [-0.1, -0.05) is 66.2 Å². The fourth-order valence-electron chi connectivity index (χ4n) is 3.98. The Bertz CT molecular complexity index is 1410. The van der Waals surface area contributed by atoms with Gasteiger partial charge in [-0.3, -0.25) is 14.5 Å². The Balaban J connectivity index is 1.46. The van der Waals surface area contributed by atoms with Crippen molar-refractivity contribution in [3.8, 4) is 0 Å². The van der Waals surface area contributed by atoms with Gasteiger partial charge in [-0.25, -0.2) is 4.39 Å². The SMILES string of the molecule is Cc1ccc(CN2C(=O)S/C(=C\c3cn(Cc4ccccc4F)c4ccccc34)C2=O)cc1. The molecule has 0 N–H and O–H groups in total. The normalized spacial score (nSPS) is 15.2. The molecule has 0 atom stereocenters. The second-order valence-electron chi connectivity index (χ2n) is 8.07. The largest absolute Gasteiger partial charge is 0.342 e. The number of carbonyl (C=O) groups excluding carboxylic acids is 2. The van der Waals surface area contributed by atoms with Gasteiger partial charge in [0.2, 0.25) is 0 Å². The Hall–Kier alpha value is -3.64. The summed E-state index contributed by atoms with van der Waals surface area (Å²) in [7, 11) is 0. The third kappa shape index (κ3) is 4.22. The molecule has 1 aromatic heterocycles. The van der Waals surface area contributed by atoms with Crippen molar-refractivity contribution in [2.45, 2.75) is 20.0 Å². The molecule has 5 rings (SSSR count). The first-order chi connectivity index (χ1) is 16.0. The Kier molecular flexibility index (Phi) is 5.60. The van der Waals surface area contributed by atoms with Crippen LogP contribution in [-0.2, 0) is 17.9 Å². The molecule has 2 heterocycles. The molecular formula is C27H21FN2O2S. The van der Waals surface area contributed by atoms with E-state index in [0.717, 1.165) is 39.4 Å². The van der Waals surface area contributed by atoms with Crippen molar-refractivity contribution in [3.05, 3.63) is 112 Å². The zero-order valence-corrected chi connectivity index (χ0v) is 18.8. The van der Waals surface area contributed by atoms with E-state index >= 15 is 0 Å². The number of carbonyl (C=O) groups is 2. The summed E-state index contributed by atoms with van der Waals surface area (Å²) in [5.74, 6) is -0.550. The summed E-state index contributed by atoms with van der Waals surface area (Å²) >= 11 is 0.953. The number of benzene rings is 3. The van der Waals surface area contributed by atoms with Crippen LogP contribution in [0.4, 0.5) is 9.18 Å². The third-order valence-electron chi connectivity index (χ3n) is 5.74. The first-order valence-electron chi connectivity index (χ1n) is 10.6. The highest BCUT2D eigenvalue weighted by molar-refractivity contribution is 8.18. The lowest BCUT2D eigenvalue weighted by molar-refractivity contribution is -0.123. The van der Waals surface area contributed by atoms with Crippen molar-refractivity contribution in [2.75, 3.05) is 0 Å². The van der Waals surface area contributed by atoms with Crippen molar-refractivity contribution in [3.63, 3.8) is 0 Å².